The minimum absolute atomic E-state index is 0.406. The molecular formula is C6H9N7. The number of rotatable bonds is 2. The molecule has 0 aromatic carbocycles. The van der Waals surface area contributed by atoms with Crippen molar-refractivity contribution in [3.05, 3.63) is 18.1 Å². The highest BCUT2D eigenvalue weighted by molar-refractivity contribution is 5.19. The Bertz CT molecular complexity index is 362. The lowest BCUT2D eigenvalue weighted by Crippen LogP contribution is -2.04. The first-order valence-electron chi connectivity index (χ1n) is 3.75. The van der Waals surface area contributed by atoms with Crippen LogP contribution in [0.4, 0.5) is 5.82 Å². The first-order valence-corrected chi connectivity index (χ1v) is 3.75. The molecule has 0 bridgehead atoms. The molecule has 2 N–H and O–H groups in total. The van der Waals surface area contributed by atoms with Crippen molar-refractivity contribution in [2.24, 2.45) is 7.05 Å². The highest BCUT2D eigenvalue weighted by atomic mass is 15.5. The van der Waals surface area contributed by atoms with Crippen LogP contribution in [0.15, 0.2) is 12.4 Å². The second kappa shape index (κ2) is 2.85. The van der Waals surface area contributed by atoms with Gasteiger partial charge >= 0.3 is 0 Å². The second-order valence-electron chi connectivity index (χ2n) is 2.68. The van der Waals surface area contributed by atoms with Gasteiger partial charge in [0.1, 0.15) is 12.2 Å². The van der Waals surface area contributed by atoms with Crippen molar-refractivity contribution in [3.63, 3.8) is 0 Å². The van der Waals surface area contributed by atoms with E-state index in [9.17, 15) is 0 Å². The molecule has 0 unspecified atom stereocenters. The average molecular weight is 179 g/mol. The van der Waals surface area contributed by atoms with E-state index in [0.717, 1.165) is 5.69 Å². The lowest BCUT2D eigenvalue weighted by Gasteiger charge is -1.92. The molecule has 0 fully saturated rings. The number of hydrogen-bond donors (Lipinski definition) is 1. The summed E-state index contributed by atoms with van der Waals surface area (Å²) in [7, 11) is 1.81. The number of nitrogens with zero attached hydrogens (tertiary/aromatic N) is 6. The van der Waals surface area contributed by atoms with Crippen LogP contribution in [0.2, 0.25) is 0 Å². The van der Waals surface area contributed by atoms with Crippen LogP contribution in [0.25, 0.3) is 0 Å². The molecule has 0 aliphatic carbocycles. The molecule has 2 rings (SSSR count). The van der Waals surface area contributed by atoms with Crippen molar-refractivity contribution in [2.75, 3.05) is 5.73 Å². The summed E-state index contributed by atoms with van der Waals surface area (Å²) in [4.78, 5) is 1.47. The summed E-state index contributed by atoms with van der Waals surface area (Å²) in [6.45, 7) is 0.491. The van der Waals surface area contributed by atoms with Gasteiger partial charge in [-0.25, -0.2) is 0 Å². The first kappa shape index (κ1) is 7.71. The molecule has 0 aliphatic heterocycles. The zero-order valence-electron chi connectivity index (χ0n) is 7.12. The summed E-state index contributed by atoms with van der Waals surface area (Å²) in [6.07, 6.45) is 3.30. The molecule has 0 saturated heterocycles. The molecule has 0 radical (unpaired) electrons. The molecule has 0 aliphatic rings. The second-order valence-corrected chi connectivity index (χ2v) is 2.68. The molecule has 0 saturated carbocycles. The Morgan fingerprint density at radius 2 is 2.38 bits per heavy atom. The number of nitrogens with two attached hydrogens (primary N) is 1. The van der Waals surface area contributed by atoms with Gasteiger partial charge in [0.15, 0.2) is 5.82 Å². The highest BCUT2D eigenvalue weighted by Gasteiger charge is 2.01. The van der Waals surface area contributed by atoms with Crippen LogP contribution >= 0.6 is 0 Å². The quantitative estimate of drug-likeness (QED) is 0.641. The molecule has 0 amide bonds. The van der Waals surface area contributed by atoms with E-state index in [1.165, 1.54) is 11.0 Å². The van der Waals surface area contributed by atoms with Crippen molar-refractivity contribution in [3.8, 4) is 0 Å². The number of hydrogen-bond acceptors (Lipinski definition) is 5. The van der Waals surface area contributed by atoms with Crippen molar-refractivity contribution in [1.82, 2.24) is 30.0 Å². The molecular weight excluding hydrogens is 170 g/mol. The van der Waals surface area contributed by atoms with E-state index in [2.05, 4.69) is 20.5 Å². The van der Waals surface area contributed by atoms with E-state index in [-0.39, 0.29) is 0 Å². The van der Waals surface area contributed by atoms with E-state index in [4.69, 9.17) is 5.73 Å². The van der Waals surface area contributed by atoms with Gasteiger partial charge in [-0.05, 0) is 0 Å². The van der Waals surface area contributed by atoms with Crippen molar-refractivity contribution in [1.29, 1.82) is 0 Å². The Balaban J connectivity index is 2.14. The van der Waals surface area contributed by atoms with Crippen LogP contribution in [0, 0.1) is 0 Å². The summed E-state index contributed by atoms with van der Waals surface area (Å²) in [6, 6.07) is 0. The molecule has 2 heterocycles. The Hall–Kier alpha value is -1.92. The topological polar surface area (TPSA) is 87.4 Å². The zero-order chi connectivity index (χ0) is 9.26. The fourth-order valence-electron chi connectivity index (χ4n) is 1.000. The molecule has 0 atom stereocenters. The van der Waals surface area contributed by atoms with Gasteiger partial charge < -0.3 is 5.73 Å². The van der Waals surface area contributed by atoms with Crippen LogP contribution in [-0.4, -0.2) is 30.0 Å². The third-order valence-corrected chi connectivity index (χ3v) is 1.51. The number of anilines is 1. The maximum Gasteiger partial charge on any atom is 0.165 e. The van der Waals surface area contributed by atoms with Crippen LogP contribution < -0.4 is 5.73 Å². The summed E-state index contributed by atoms with van der Waals surface area (Å²) >= 11 is 0. The third kappa shape index (κ3) is 1.63. The third-order valence-electron chi connectivity index (χ3n) is 1.51. The van der Waals surface area contributed by atoms with E-state index < -0.39 is 0 Å². The molecule has 13 heavy (non-hydrogen) atoms. The molecule has 0 spiro atoms. The monoisotopic (exact) mass is 179 g/mol. The van der Waals surface area contributed by atoms with Crippen molar-refractivity contribution >= 4 is 5.82 Å². The Labute approximate surface area is 74.1 Å². The standard InChI is InChI=1S/C6H9N7/c1-12-3-5(9-11-12)4-13-8-2-6(7)10-13/h2-3H,4H2,1H3,(H2,7,10). The number of aromatic nitrogens is 6. The van der Waals surface area contributed by atoms with Gasteiger partial charge in [-0.3, -0.25) is 4.68 Å². The Morgan fingerprint density at radius 3 is 2.92 bits per heavy atom. The van der Waals surface area contributed by atoms with E-state index in [0.29, 0.717) is 12.4 Å². The molecule has 2 aromatic rings. The number of nitrogen functional groups attached to an aromatic ring is 1. The fraction of sp³-hybridized carbons (Fsp3) is 0.333. The number of aryl methyl sites for hydroxylation is 1. The summed E-state index contributed by atoms with van der Waals surface area (Å²) < 4.78 is 1.63. The maximum absolute atomic E-state index is 5.40. The van der Waals surface area contributed by atoms with Crippen molar-refractivity contribution in [2.45, 2.75) is 6.54 Å². The average Bonchev–Trinajstić information content (AvgIpc) is 2.62. The fourth-order valence-corrected chi connectivity index (χ4v) is 1.000. The minimum Gasteiger partial charge on any atom is -0.381 e. The lowest BCUT2D eigenvalue weighted by atomic mass is 10.5. The summed E-state index contributed by atoms with van der Waals surface area (Å²) in [5.74, 6) is 0.406. The molecule has 7 nitrogen and oxygen atoms in total. The van der Waals surface area contributed by atoms with Gasteiger partial charge in [0.05, 0.1) is 12.4 Å². The Morgan fingerprint density at radius 1 is 1.54 bits per heavy atom. The SMILES string of the molecule is Cn1cc(Cn2ncc(N)n2)nn1. The van der Waals surface area contributed by atoms with Gasteiger partial charge in [-0.2, -0.15) is 9.90 Å². The largest absolute Gasteiger partial charge is 0.381 e. The first-order chi connectivity index (χ1) is 6.24. The predicted molar refractivity (Wildman–Crippen MR) is 44.5 cm³/mol. The highest BCUT2D eigenvalue weighted by Crippen LogP contribution is 1.96. The van der Waals surface area contributed by atoms with Gasteiger partial charge in [-0.1, -0.05) is 5.21 Å². The molecule has 2 aromatic heterocycles. The van der Waals surface area contributed by atoms with E-state index >= 15 is 0 Å². The summed E-state index contributed by atoms with van der Waals surface area (Å²) in [5, 5.41) is 15.5. The predicted octanol–water partition coefficient (Wildman–Crippen LogP) is -0.963. The normalized spacial score (nSPS) is 10.5. The van der Waals surface area contributed by atoms with Gasteiger partial charge in [-0.15, -0.1) is 10.2 Å². The van der Waals surface area contributed by atoms with Crippen LogP contribution in [0.5, 0.6) is 0 Å². The van der Waals surface area contributed by atoms with Gasteiger partial charge in [0.25, 0.3) is 0 Å². The van der Waals surface area contributed by atoms with Crippen LogP contribution in [-0.2, 0) is 13.6 Å². The zero-order valence-corrected chi connectivity index (χ0v) is 7.12. The van der Waals surface area contributed by atoms with Gasteiger partial charge in [0, 0.05) is 7.05 Å². The van der Waals surface area contributed by atoms with E-state index in [1.807, 2.05) is 0 Å². The van der Waals surface area contributed by atoms with E-state index in [1.54, 1.807) is 17.9 Å². The van der Waals surface area contributed by atoms with Crippen LogP contribution in [0.1, 0.15) is 5.69 Å². The van der Waals surface area contributed by atoms with Crippen molar-refractivity contribution < 1.29 is 0 Å². The molecule has 7 heteroatoms. The van der Waals surface area contributed by atoms with Gasteiger partial charge in [0.2, 0.25) is 0 Å². The lowest BCUT2D eigenvalue weighted by molar-refractivity contribution is 0.582. The molecule has 68 valence electrons. The maximum atomic E-state index is 5.40. The smallest absolute Gasteiger partial charge is 0.165 e. The Kier molecular flexibility index (Phi) is 1.69. The van der Waals surface area contributed by atoms with Crippen LogP contribution in [0.3, 0.4) is 0 Å². The summed E-state index contributed by atoms with van der Waals surface area (Å²) in [5.41, 5.74) is 6.21. The minimum atomic E-state index is 0.406.